The largest absolute Gasteiger partial charge is 0.497 e. The van der Waals surface area contributed by atoms with Gasteiger partial charge < -0.3 is 4.74 Å². The standard InChI is InChI=1S/C17H21FO/c1-11(2)14-6-5-7-15(17(14)18)16-10-13(19-4)9-8-12(16)3/h7-11H,5-6H2,1-4H3. The van der Waals surface area contributed by atoms with E-state index in [1.54, 1.807) is 7.11 Å². The third kappa shape index (κ3) is 2.73. The Bertz CT molecular complexity index is 538. The van der Waals surface area contributed by atoms with Crippen molar-refractivity contribution < 1.29 is 9.13 Å². The van der Waals surface area contributed by atoms with E-state index in [2.05, 4.69) is 13.8 Å². The third-order valence-electron chi connectivity index (χ3n) is 3.71. The van der Waals surface area contributed by atoms with E-state index in [0.717, 1.165) is 40.9 Å². The molecule has 0 radical (unpaired) electrons. The zero-order chi connectivity index (χ0) is 14.0. The number of halogens is 1. The van der Waals surface area contributed by atoms with Gasteiger partial charge in [0.15, 0.2) is 0 Å². The topological polar surface area (TPSA) is 9.23 Å². The number of hydrogen-bond donors (Lipinski definition) is 0. The molecule has 19 heavy (non-hydrogen) atoms. The molecule has 0 unspecified atom stereocenters. The van der Waals surface area contributed by atoms with Crippen molar-refractivity contribution in [1.82, 2.24) is 0 Å². The molecule has 0 bridgehead atoms. The summed E-state index contributed by atoms with van der Waals surface area (Å²) >= 11 is 0. The molecule has 0 saturated carbocycles. The number of benzene rings is 1. The molecule has 0 atom stereocenters. The first-order valence-electron chi connectivity index (χ1n) is 6.78. The zero-order valence-electron chi connectivity index (χ0n) is 12.1. The summed E-state index contributed by atoms with van der Waals surface area (Å²) in [6.07, 6.45) is 3.74. The summed E-state index contributed by atoms with van der Waals surface area (Å²) in [6.45, 7) is 6.11. The molecule has 2 rings (SSSR count). The maximum Gasteiger partial charge on any atom is 0.130 e. The highest BCUT2D eigenvalue weighted by Crippen LogP contribution is 2.38. The van der Waals surface area contributed by atoms with E-state index in [1.165, 1.54) is 0 Å². The van der Waals surface area contributed by atoms with E-state index in [-0.39, 0.29) is 11.7 Å². The molecule has 1 aliphatic rings. The van der Waals surface area contributed by atoms with Crippen molar-refractivity contribution in [2.24, 2.45) is 5.92 Å². The van der Waals surface area contributed by atoms with Crippen LogP contribution in [0.25, 0.3) is 5.57 Å². The minimum Gasteiger partial charge on any atom is -0.497 e. The van der Waals surface area contributed by atoms with Crippen LogP contribution >= 0.6 is 0 Å². The van der Waals surface area contributed by atoms with Crippen molar-refractivity contribution in [1.29, 1.82) is 0 Å². The average Bonchev–Trinajstić information content (AvgIpc) is 2.39. The van der Waals surface area contributed by atoms with Gasteiger partial charge in [0, 0.05) is 5.57 Å². The average molecular weight is 260 g/mol. The first-order chi connectivity index (χ1) is 9.04. The van der Waals surface area contributed by atoms with Crippen LogP contribution in [0.1, 0.15) is 37.8 Å². The molecule has 0 heterocycles. The van der Waals surface area contributed by atoms with Crippen molar-refractivity contribution in [2.75, 3.05) is 7.11 Å². The maximum absolute atomic E-state index is 14.6. The predicted molar refractivity (Wildman–Crippen MR) is 77.9 cm³/mol. The van der Waals surface area contributed by atoms with Gasteiger partial charge in [0.2, 0.25) is 0 Å². The smallest absolute Gasteiger partial charge is 0.130 e. The van der Waals surface area contributed by atoms with E-state index in [9.17, 15) is 4.39 Å². The van der Waals surface area contributed by atoms with E-state index in [0.29, 0.717) is 0 Å². The molecule has 102 valence electrons. The molecular weight excluding hydrogens is 239 g/mol. The summed E-state index contributed by atoms with van der Waals surface area (Å²) in [7, 11) is 1.63. The lowest BCUT2D eigenvalue weighted by molar-refractivity contribution is 0.414. The summed E-state index contributed by atoms with van der Waals surface area (Å²) in [5, 5.41) is 0. The second-order valence-corrected chi connectivity index (χ2v) is 5.33. The highest BCUT2D eigenvalue weighted by Gasteiger charge is 2.20. The number of allylic oxidation sites excluding steroid dienone is 4. The van der Waals surface area contributed by atoms with Crippen LogP contribution in [0.5, 0.6) is 5.75 Å². The molecule has 0 aliphatic heterocycles. The molecule has 0 amide bonds. The Kier molecular flexibility index (Phi) is 4.08. The SMILES string of the molecule is COc1ccc(C)c(C2=CCCC(C(C)C)=C2F)c1. The number of methoxy groups -OCH3 is 1. The van der Waals surface area contributed by atoms with Crippen molar-refractivity contribution in [3.8, 4) is 5.75 Å². The van der Waals surface area contributed by atoms with Crippen molar-refractivity contribution in [2.45, 2.75) is 33.6 Å². The number of aryl methyl sites for hydroxylation is 1. The molecule has 0 fully saturated rings. The number of rotatable bonds is 3. The van der Waals surface area contributed by atoms with E-state index in [1.807, 2.05) is 31.2 Å². The monoisotopic (exact) mass is 260 g/mol. The highest BCUT2D eigenvalue weighted by atomic mass is 19.1. The molecule has 1 aliphatic carbocycles. The summed E-state index contributed by atoms with van der Waals surface area (Å²) in [5.74, 6) is 0.984. The van der Waals surface area contributed by atoms with Crippen LogP contribution in [0, 0.1) is 12.8 Å². The van der Waals surface area contributed by atoms with Gasteiger partial charge in [-0.1, -0.05) is 26.0 Å². The Hall–Kier alpha value is -1.57. The summed E-state index contributed by atoms with van der Waals surface area (Å²) in [6, 6.07) is 5.81. The van der Waals surface area contributed by atoms with Crippen LogP contribution in [-0.2, 0) is 0 Å². The van der Waals surface area contributed by atoms with Gasteiger partial charge in [-0.05, 0) is 54.5 Å². The van der Waals surface area contributed by atoms with Gasteiger partial charge in [-0.3, -0.25) is 0 Å². The van der Waals surface area contributed by atoms with Crippen LogP contribution < -0.4 is 4.74 Å². The Morgan fingerprint density at radius 3 is 2.63 bits per heavy atom. The van der Waals surface area contributed by atoms with Crippen molar-refractivity contribution >= 4 is 5.57 Å². The molecule has 1 aromatic rings. The van der Waals surface area contributed by atoms with Gasteiger partial charge in [-0.25, -0.2) is 4.39 Å². The van der Waals surface area contributed by atoms with E-state index >= 15 is 0 Å². The van der Waals surface area contributed by atoms with Crippen LogP contribution in [0.2, 0.25) is 0 Å². The minimum atomic E-state index is -0.0439. The molecule has 0 spiro atoms. The Morgan fingerprint density at radius 2 is 2.00 bits per heavy atom. The van der Waals surface area contributed by atoms with E-state index in [4.69, 9.17) is 4.74 Å². The maximum atomic E-state index is 14.6. The number of hydrogen-bond acceptors (Lipinski definition) is 1. The fourth-order valence-electron chi connectivity index (χ4n) is 2.53. The second kappa shape index (κ2) is 5.60. The molecule has 0 saturated heterocycles. The predicted octanol–water partition coefficient (Wildman–Crippen LogP) is 5.06. The molecule has 1 aromatic carbocycles. The Labute approximate surface area is 114 Å². The second-order valence-electron chi connectivity index (χ2n) is 5.33. The summed E-state index contributed by atoms with van der Waals surface area (Å²) < 4.78 is 19.9. The van der Waals surface area contributed by atoms with Crippen LogP contribution in [-0.4, -0.2) is 7.11 Å². The quantitative estimate of drug-likeness (QED) is 0.738. The van der Waals surface area contributed by atoms with Gasteiger partial charge in [0.25, 0.3) is 0 Å². The molecule has 2 heteroatoms. The molecule has 1 nitrogen and oxygen atoms in total. The summed E-state index contributed by atoms with van der Waals surface area (Å²) in [5.41, 5.74) is 3.67. The molecular formula is C17H21FO. The van der Waals surface area contributed by atoms with Gasteiger partial charge >= 0.3 is 0 Å². The van der Waals surface area contributed by atoms with Gasteiger partial charge in [0.05, 0.1) is 7.11 Å². The highest BCUT2D eigenvalue weighted by molar-refractivity contribution is 5.81. The lowest BCUT2D eigenvalue weighted by atomic mass is 9.86. The van der Waals surface area contributed by atoms with Crippen LogP contribution in [0.3, 0.4) is 0 Å². The molecule has 0 N–H and O–H groups in total. The minimum absolute atomic E-state index is 0.0439. The normalized spacial score (nSPS) is 15.8. The molecule has 0 aromatic heterocycles. The van der Waals surface area contributed by atoms with Gasteiger partial charge in [-0.15, -0.1) is 0 Å². The lowest BCUT2D eigenvalue weighted by Gasteiger charge is -2.21. The fraction of sp³-hybridized carbons (Fsp3) is 0.412. The van der Waals surface area contributed by atoms with Crippen LogP contribution in [0.4, 0.5) is 4.39 Å². The van der Waals surface area contributed by atoms with Crippen molar-refractivity contribution in [3.05, 3.63) is 46.8 Å². The first-order valence-corrected chi connectivity index (χ1v) is 6.78. The first kappa shape index (κ1) is 13.9. The van der Waals surface area contributed by atoms with Gasteiger partial charge in [0.1, 0.15) is 11.6 Å². The fourth-order valence-corrected chi connectivity index (χ4v) is 2.53. The zero-order valence-corrected chi connectivity index (χ0v) is 12.1. The summed E-state index contributed by atoms with van der Waals surface area (Å²) in [4.78, 5) is 0. The van der Waals surface area contributed by atoms with E-state index < -0.39 is 0 Å². The van der Waals surface area contributed by atoms with Crippen LogP contribution in [0.15, 0.2) is 35.7 Å². The number of ether oxygens (including phenoxy) is 1. The Morgan fingerprint density at radius 1 is 1.26 bits per heavy atom. The lowest BCUT2D eigenvalue weighted by Crippen LogP contribution is -2.04. The van der Waals surface area contributed by atoms with Gasteiger partial charge in [-0.2, -0.15) is 0 Å². The Balaban J connectivity index is 2.50. The third-order valence-corrected chi connectivity index (χ3v) is 3.71. The van der Waals surface area contributed by atoms with Crippen molar-refractivity contribution in [3.63, 3.8) is 0 Å².